The Morgan fingerprint density at radius 2 is 0.889 bits per heavy atom. The van der Waals surface area contributed by atoms with Gasteiger partial charge in [0.05, 0.1) is 36.8 Å². The minimum atomic E-state index is -5.04. The van der Waals surface area contributed by atoms with Crippen LogP contribution in [0.4, 0.5) is 62.3 Å². The van der Waals surface area contributed by atoms with Gasteiger partial charge in [-0.2, -0.15) is 26.3 Å². The fourth-order valence-corrected chi connectivity index (χ4v) is 9.25. The van der Waals surface area contributed by atoms with Gasteiger partial charge in [0.1, 0.15) is 23.3 Å². The third-order valence-corrected chi connectivity index (χ3v) is 13.0. The summed E-state index contributed by atoms with van der Waals surface area (Å²) < 4.78 is 168. The average Bonchev–Trinajstić information content (AvgIpc) is 4.06. The predicted molar refractivity (Wildman–Crippen MR) is 223 cm³/mol. The molecule has 0 aromatic carbocycles. The van der Waals surface area contributed by atoms with Crippen molar-refractivity contribution in [2.75, 3.05) is 45.8 Å². The highest BCUT2D eigenvalue weighted by molar-refractivity contribution is 5.89. The highest BCUT2D eigenvalue weighted by atomic mass is 19.4. The molecule has 5 saturated heterocycles. The molecule has 0 unspecified atom stereocenters. The van der Waals surface area contributed by atoms with Gasteiger partial charge in [-0.25, -0.2) is 40.7 Å². The second-order valence-electron chi connectivity index (χ2n) is 21.6. The molecule has 5 atom stereocenters. The predicted octanol–water partition coefficient (Wildman–Crippen LogP) is 5.64. The van der Waals surface area contributed by atoms with Crippen LogP contribution in [-0.4, -0.2) is 205 Å². The van der Waals surface area contributed by atoms with Crippen molar-refractivity contribution in [1.29, 1.82) is 0 Å². The minimum Gasteiger partial charge on any atom is -0.480 e. The molecule has 29 heteroatoms. The Balaban J connectivity index is 0.000000210. The number of piperazine rings is 2. The van der Waals surface area contributed by atoms with Crippen LogP contribution in [0.5, 0.6) is 0 Å². The van der Waals surface area contributed by atoms with Crippen LogP contribution in [0.2, 0.25) is 0 Å². The van der Waals surface area contributed by atoms with E-state index in [9.17, 15) is 86.2 Å². The second kappa shape index (κ2) is 19.4. The highest BCUT2D eigenvalue weighted by Gasteiger charge is 2.63. The fourth-order valence-electron chi connectivity index (χ4n) is 9.25. The summed E-state index contributed by atoms with van der Waals surface area (Å²) >= 11 is 0. The summed E-state index contributed by atoms with van der Waals surface area (Å²) in [6, 6.07) is -5.55. The number of nitrogens with one attached hydrogen (secondary N) is 1. The molecule has 2 saturated carbocycles. The van der Waals surface area contributed by atoms with E-state index in [1.165, 1.54) is 23.6 Å². The van der Waals surface area contributed by atoms with Crippen molar-refractivity contribution in [2.45, 2.75) is 183 Å². The lowest BCUT2D eigenvalue weighted by Gasteiger charge is -2.47. The molecule has 0 bridgehead atoms. The molecule has 6 amide bonds. The van der Waals surface area contributed by atoms with E-state index in [4.69, 9.17) is 14.6 Å². The van der Waals surface area contributed by atoms with E-state index in [0.29, 0.717) is 22.6 Å². The molecule has 0 aromatic rings. The Kier molecular flexibility index (Phi) is 15.6. The van der Waals surface area contributed by atoms with Crippen molar-refractivity contribution < 1.29 is 101 Å². The van der Waals surface area contributed by atoms with Crippen molar-refractivity contribution in [3.63, 3.8) is 0 Å². The standard InChI is InChI=1S/C19H26F5N3O4.C14H18F5N3O2.C10H15F2NO4/c1-11-8-27(14(29)19(22,23)24)17(5-6-17)9-25(11)13(28)12-7-18(20,21)10-26(12)15(30)31-16(2,3)4;1-8-5-22(11(24)14(17,18)19)12(2-3-12)7-21(8)10(23)9-4-13(15,16)6-20-9;1-9(2,3)17-8(16)13-5-10(11,12)4-6(13)7(14)15/h11-12H,5-10H2,1-4H3;8-9,20H,2-7H2,1H3;6H,4-5H2,1-3H3,(H,14,15)/t11-,12+;8-,9+;6-/m110/s1. The number of rotatable bonds is 3. The molecule has 410 valence electrons. The molecule has 2 aliphatic carbocycles. The Labute approximate surface area is 405 Å². The zero-order valence-corrected chi connectivity index (χ0v) is 40.6. The van der Waals surface area contributed by atoms with E-state index in [1.807, 2.05) is 0 Å². The normalized spacial score (nSPS) is 27.9. The summed E-state index contributed by atoms with van der Waals surface area (Å²) in [6.07, 6.45) is -13.2. The van der Waals surface area contributed by atoms with Crippen molar-refractivity contribution in [2.24, 2.45) is 0 Å². The quantitative estimate of drug-likeness (QED) is 0.333. The number of halogens is 12. The molecule has 5 heterocycles. The molecule has 2 N–H and O–H groups in total. The largest absolute Gasteiger partial charge is 0.480 e. The van der Waals surface area contributed by atoms with Gasteiger partial charge in [-0.1, -0.05) is 0 Å². The van der Waals surface area contributed by atoms with Crippen LogP contribution in [0, 0.1) is 0 Å². The Bertz CT molecular complexity index is 2120. The van der Waals surface area contributed by atoms with E-state index in [-0.39, 0.29) is 39.0 Å². The maximum Gasteiger partial charge on any atom is 0.471 e. The third-order valence-electron chi connectivity index (χ3n) is 13.0. The topological polar surface area (TPSA) is 190 Å². The molecule has 0 aromatic heterocycles. The highest BCUT2D eigenvalue weighted by Crippen LogP contribution is 2.49. The third kappa shape index (κ3) is 13.6. The zero-order valence-electron chi connectivity index (χ0n) is 40.6. The first-order valence-corrected chi connectivity index (χ1v) is 22.9. The maximum absolute atomic E-state index is 14.1. The molecular formula is C43H59F12N7O10. The van der Waals surface area contributed by atoms with Gasteiger partial charge >= 0.3 is 42.3 Å². The summed E-state index contributed by atoms with van der Waals surface area (Å²) in [5.74, 6) is -16.1. The van der Waals surface area contributed by atoms with Crippen LogP contribution in [0.1, 0.15) is 100 Å². The van der Waals surface area contributed by atoms with Crippen LogP contribution in [0.15, 0.2) is 0 Å². The molecule has 7 rings (SSSR count). The lowest BCUT2D eigenvalue weighted by Crippen LogP contribution is -2.65. The number of hydrogen-bond donors (Lipinski definition) is 2. The van der Waals surface area contributed by atoms with Gasteiger partial charge < -0.3 is 34.2 Å². The molecule has 0 radical (unpaired) electrons. The minimum absolute atomic E-state index is 0.0431. The lowest BCUT2D eigenvalue weighted by atomic mass is 10.0. The number of carbonyl (C=O) groups is 7. The van der Waals surface area contributed by atoms with Gasteiger partial charge in [-0.15, -0.1) is 0 Å². The van der Waals surface area contributed by atoms with Gasteiger partial charge in [0, 0.05) is 57.5 Å². The molecule has 7 fully saturated rings. The SMILES string of the molecule is CC(C)(C)OC(=O)N1CC(F)(F)C[C@H]1C(=O)O.C[C@@H]1CN(C(=O)C(F)(F)F)C2(CC2)CN1C(=O)[C@@H]1CC(F)(F)CN1.C[C@@H]1CN(C(=O)C(F)(F)F)C2(CC2)CN1C(=O)[C@@H]1CC(F)(F)CN1C(=O)OC(C)(C)C. The summed E-state index contributed by atoms with van der Waals surface area (Å²) in [4.78, 5) is 89.3. The molecular weight excluding hydrogens is 1000 g/mol. The van der Waals surface area contributed by atoms with Gasteiger partial charge in [0.2, 0.25) is 11.8 Å². The van der Waals surface area contributed by atoms with Crippen molar-refractivity contribution in [3.05, 3.63) is 0 Å². The van der Waals surface area contributed by atoms with Crippen LogP contribution >= 0.6 is 0 Å². The second-order valence-corrected chi connectivity index (χ2v) is 21.6. The van der Waals surface area contributed by atoms with Gasteiger partial charge in [0.15, 0.2) is 0 Å². The van der Waals surface area contributed by atoms with E-state index in [2.05, 4.69) is 5.32 Å². The van der Waals surface area contributed by atoms with E-state index >= 15 is 0 Å². The molecule has 7 aliphatic rings. The van der Waals surface area contributed by atoms with E-state index < -0.39 is 163 Å². The molecule has 17 nitrogen and oxygen atoms in total. The fraction of sp³-hybridized carbons (Fsp3) is 0.837. The van der Waals surface area contributed by atoms with E-state index in [0.717, 1.165) is 9.80 Å². The van der Waals surface area contributed by atoms with Gasteiger partial charge in [0.25, 0.3) is 17.8 Å². The average molecular weight is 1060 g/mol. The maximum atomic E-state index is 14.1. The molecule has 72 heavy (non-hydrogen) atoms. The van der Waals surface area contributed by atoms with Crippen molar-refractivity contribution in [1.82, 2.24) is 34.7 Å². The number of aliphatic carboxylic acids is 1. The molecule has 5 aliphatic heterocycles. The first-order valence-electron chi connectivity index (χ1n) is 22.9. The Hall–Kier alpha value is -4.99. The van der Waals surface area contributed by atoms with E-state index in [1.54, 1.807) is 41.5 Å². The number of nitrogens with zero attached hydrogens (tertiary/aromatic N) is 6. The first-order chi connectivity index (χ1) is 32.4. The summed E-state index contributed by atoms with van der Waals surface area (Å²) in [6.45, 7) is 9.07. The number of carbonyl (C=O) groups excluding carboxylic acids is 6. The lowest BCUT2D eigenvalue weighted by molar-refractivity contribution is -0.193. The van der Waals surface area contributed by atoms with Crippen LogP contribution < -0.4 is 5.32 Å². The number of amides is 6. The van der Waals surface area contributed by atoms with Crippen LogP contribution in [0.3, 0.4) is 0 Å². The first kappa shape index (κ1) is 57.9. The van der Waals surface area contributed by atoms with Crippen molar-refractivity contribution in [3.8, 4) is 0 Å². The van der Waals surface area contributed by atoms with Crippen molar-refractivity contribution >= 4 is 41.8 Å². The number of likely N-dealkylation sites (tertiary alicyclic amines) is 2. The summed E-state index contributed by atoms with van der Waals surface area (Å²) in [5, 5.41) is 11.2. The van der Waals surface area contributed by atoms with Gasteiger partial charge in [-0.3, -0.25) is 34.3 Å². The summed E-state index contributed by atoms with van der Waals surface area (Å²) in [7, 11) is 0. The summed E-state index contributed by atoms with van der Waals surface area (Å²) in [5.41, 5.74) is -3.96. The molecule has 2 spiro atoms. The number of carboxylic acids is 1. The number of ether oxygens (including phenoxy) is 2. The number of carboxylic acid groups (broad SMARTS) is 1. The van der Waals surface area contributed by atoms with Crippen LogP contribution in [0.25, 0.3) is 0 Å². The smallest absolute Gasteiger partial charge is 0.471 e. The zero-order chi connectivity index (χ0) is 54.9. The number of hydrogen-bond acceptors (Lipinski definition) is 10. The van der Waals surface area contributed by atoms with Crippen LogP contribution in [-0.2, 0) is 33.4 Å². The number of alkyl halides is 12. The van der Waals surface area contributed by atoms with Gasteiger partial charge in [-0.05, 0) is 81.1 Å². The Morgan fingerprint density at radius 1 is 0.528 bits per heavy atom. The Morgan fingerprint density at radius 3 is 1.21 bits per heavy atom. The monoisotopic (exact) mass is 1060 g/mol.